The molecule has 0 aliphatic heterocycles. The van der Waals surface area contributed by atoms with Gasteiger partial charge < -0.3 is 11.1 Å². The SMILES string of the molecule is Cc1c(F)cccc1N[C@@H]1CCC[C@H]1N. The van der Waals surface area contributed by atoms with Crippen LogP contribution in [0.2, 0.25) is 0 Å². The van der Waals surface area contributed by atoms with Crippen LogP contribution in [0.4, 0.5) is 10.1 Å². The Bertz CT molecular complexity index is 351. The molecule has 2 nitrogen and oxygen atoms in total. The number of hydrogen-bond acceptors (Lipinski definition) is 2. The quantitative estimate of drug-likeness (QED) is 0.783. The predicted molar refractivity (Wildman–Crippen MR) is 60.4 cm³/mol. The number of nitrogens with two attached hydrogens (primary N) is 1. The summed E-state index contributed by atoms with van der Waals surface area (Å²) in [5, 5.41) is 3.33. The summed E-state index contributed by atoms with van der Waals surface area (Å²) < 4.78 is 13.3. The number of nitrogens with one attached hydrogen (secondary N) is 1. The van der Waals surface area contributed by atoms with Crippen LogP contribution in [0.3, 0.4) is 0 Å². The molecule has 3 heteroatoms. The van der Waals surface area contributed by atoms with Crippen molar-refractivity contribution in [2.45, 2.75) is 38.3 Å². The Hall–Kier alpha value is -1.09. The second-order valence-electron chi connectivity index (χ2n) is 4.26. The molecule has 0 unspecified atom stereocenters. The lowest BCUT2D eigenvalue weighted by Gasteiger charge is -2.20. The van der Waals surface area contributed by atoms with Crippen LogP contribution in [0.5, 0.6) is 0 Å². The van der Waals surface area contributed by atoms with Gasteiger partial charge in [-0.05, 0) is 38.3 Å². The van der Waals surface area contributed by atoms with Gasteiger partial charge in [0.1, 0.15) is 5.82 Å². The smallest absolute Gasteiger partial charge is 0.128 e. The molecule has 0 saturated heterocycles. The van der Waals surface area contributed by atoms with Crippen molar-refractivity contribution in [1.29, 1.82) is 0 Å². The first kappa shape index (κ1) is 10.4. The van der Waals surface area contributed by atoms with Crippen molar-refractivity contribution < 1.29 is 4.39 Å². The van der Waals surface area contributed by atoms with Crippen LogP contribution >= 0.6 is 0 Å². The lowest BCUT2D eigenvalue weighted by molar-refractivity contribution is 0.613. The molecule has 0 heterocycles. The fourth-order valence-electron chi connectivity index (χ4n) is 2.13. The average molecular weight is 208 g/mol. The molecular formula is C12H17FN2. The van der Waals surface area contributed by atoms with Crippen molar-refractivity contribution in [3.05, 3.63) is 29.6 Å². The van der Waals surface area contributed by atoms with Crippen LogP contribution in [0, 0.1) is 12.7 Å². The average Bonchev–Trinajstić information content (AvgIpc) is 2.60. The van der Waals surface area contributed by atoms with E-state index in [0.29, 0.717) is 11.6 Å². The summed E-state index contributed by atoms with van der Waals surface area (Å²) in [7, 11) is 0. The van der Waals surface area contributed by atoms with Gasteiger partial charge in [-0.1, -0.05) is 6.07 Å². The molecule has 1 saturated carbocycles. The summed E-state index contributed by atoms with van der Waals surface area (Å²) in [6.45, 7) is 1.79. The molecule has 82 valence electrons. The van der Waals surface area contributed by atoms with E-state index < -0.39 is 0 Å². The van der Waals surface area contributed by atoms with Gasteiger partial charge in [-0.2, -0.15) is 0 Å². The fourth-order valence-corrected chi connectivity index (χ4v) is 2.13. The second kappa shape index (κ2) is 4.19. The lowest BCUT2D eigenvalue weighted by Crippen LogP contribution is -2.35. The first-order valence-electron chi connectivity index (χ1n) is 5.45. The maximum Gasteiger partial charge on any atom is 0.128 e. The van der Waals surface area contributed by atoms with E-state index in [1.807, 2.05) is 6.07 Å². The molecule has 1 aromatic rings. The molecule has 0 spiro atoms. The molecule has 2 rings (SSSR count). The van der Waals surface area contributed by atoms with Crippen LogP contribution < -0.4 is 11.1 Å². The summed E-state index contributed by atoms with van der Waals surface area (Å²) in [5.41, 5.74) is 7.51. The van der Waals surface area contributed by atoms with E-state index in [1.54, 1.807) is 13.0 Å². The Kier molecular flexibility index (Phi) is 2.91. The van der Waals surface area contributed by atoms with E-state index in [2.05, 4.69) is 5.32 Å². The van der Waals surface area contributed by atoms with Gasteiger partial charge in [-0.15, -0.1) is 0 Å². The zero-order valence-electron chi connectivity index (χ0n) is 8.96. The summed E-state index contributed by atoms with van der Waals surface area (Å²) in [6.07, 6.45) is 3.30. The number of anilines is 1. The van der Waals surface area contributed by atoms with Crippen LogP contribution in [-0.4, -0.2) is 12.1 Å². The fraction of sp³-hybridized carbons (Fsp3) is 0.500. The van der Waals surface area contributed by atoms with Gasteiger partial charge >= 0.3 is 0 Å². The van der Waals surface area contributed by atoms with E-state index in [0.717, 1.165) is 24.9 Å². The van der Waals surface area contributed by atoms with Crippen molar-refractivity contribution in [2.24, 2.45) is 5.73 Å². The first-order valence-corrected chi connectivity index (χ1v) is 5.45. The molecular weight excluding hydrogens is 191 g/mol. The lowest BCUT2D eigenvalue weighted by atomic mass is 10.1. The summed E-state index contributed by atoms with van der Waals surface area (Å²) in [6, 6.07) is 5.61. The Morgan fingerprint density at radius 2 is 2.20 bits per heavy atom. The van der Waals surface area contributed by atoms with Gasteiger partial charge in [0.05, 0.1) is 0 Å². The van der Waals surface area contributed by atoms with Gasteiger partial charge in [0, 0.05) is 23.3 Å². The van der Waals surface area contributed by atoms with E-state index in [1.165, 1.54) is 6.07 Å². The highest BCUT2D eigenvalue weighted by atomic mass is 19.1. The molecule has 0 amide bonds. The zero-order chi connectivity index (χ0) is 10.8. The number of benzene rings is 1. The standard InChI is InChI=1S/C12H17FN2/c1-8-9(13)4-2-6-11(8)15-12-7-3-5-10(12)14/h2,4,6,10,12,15H,3,5,7,14H2,1H3/t10-,12-/m1/s1. The van der Waals surface area contributed by atoms with Gasteiger partial charge in [-0.3, -0.25) is 0 Å². The summed E-state index contributed by atoms with van der Waals surface area (Å²) in [5.74, 6) is -0.161. The molecule has 1 aliphatic rings. The van der Waals surface area contributed by atoms with E-state index >= 15 is 0 Å². The Labute approximate surface area is 89.7 Å². The molecule has 0 bridgehead atoms. The van der Waals surface area contributed by atoms with Crippen molar-refractivity contribution in [3.63, 3.8) is 0 Å². The highest BCUT2D eigenvalue weighted by molar-refractivity contribution is 5.52. The minimum Gasteiger partial charge on any atom is -0.380 e. The Balaban J connectivity index is 2.13. The van der Waals surface area contributed by atoms with Crippen molar-refractivity contribution in [2.75, 3.05) is 5.32 Å². The zero-order valence-corrected chi connectivity index (χ0v) is 8.96. The summed E-state index contributed by atoms with van der Waals surface area (Å²) in [4.78, 5) is 0. The van der Waals surface area contributed by atoms with Crippen LogP contribution in [-0.2, 0) is 0 Å². The monoisotopic (exact) mass is 208 g/mol. The molecule has 0 aromatic heterocycles. The van der Waals surface area contributed by atoms with Gasteiger partial charge in [0.15, 0.2) is 0 Å². The third kappa shape index (κ3) is 2.12. The minimum atomic E-state index is -0.161. The van der Waals surface area contributed by atoms with Crippen LogP contribution in [0.1, 0.15) is 24.8 Å². The third-order valence-corrected chi connectivity index (χ3v) is 3.18. The second-order valence-corrected chi connectivity index (χ2v) is 4.26. The van der Waals surface area contributed by atoms with Crippen molar-refractivity contribution in [1.82, 2.24) is 0 Å². The first-order chi connectivity index (χ1) is 7.18. The van der Waals surface area contributed by atoms with Gasteiger partial charge in [0.25, 0.3) is 0 Å². The van der Waals surface area contributed by atoms with Crippen LogP contribution in [0.15, 0.2) is 18.2 Å². The maximum absolute atomic E-state index is 13.3. The molecule has 15 heavy (non-hydrogen) atoms. The maximum atomic E-state index is 13.3. The topological polar surface area (TPSA) is 38.0 Å². The highest BCUT2D eigenvalue weighted by Gasteiger charge is 2.23. The molecule has 1 aromatic carbocycles. The Morgan fingerprint density at radius 3 is 2.87 bits per heavy atom. The molecule has 1 aliphatic carbocycles. The molecule has 3 N–H and O–H groups in total. The van der Waals surface area contributed by atoms with Gasteiger partial charge in [0.2, 0.25) is 0 Å². The summed E-state index contributed by atoms with van der Waals surface area (Å²) >= 11 is 0. The van der Waals surface area contributed by atoms with E-state index in [9.17, 15) is 4.39 Å². The van der Waals surface area contributed by atoms with Crippen molar-refractivity contribution >= 4 is 5.69 Å². The van der Waals surface area contributed by atoms with E-state index in [4.69, 9.17) is 5.73 Å². The Morgan fingerprint density at radius 1 is 1.40 bits per heavy atom. The van der Waals surface area contributed by atoms with E-state index in [-0.39, 0.29) is 11.9 Å². The highest BCUT2D eigenvalue weighted by Crippen LogP contribution is 2.24. The molecule has 1 fully saturated rings. The predicted octanol–water partition coefficient (Wildman–Crippen LogP) is 2.43. The number of rotatable bonds is 2. The number of hydrogen-bond donors (Lipinski definition) is 2. The largest absolute Gasteiger partial charge is 0.380 e. The third-order valence-electron chi connectivity index (χ3n) is 3.18. The van der Waals surface area contributed by atoms with Crippen LogP contribution in [0.25, 0.3) is 0 Å². The number of halogens is 1. The molecule has 0 radical (unpaired) electrons. The normalized spacial score (nSPS) is 25.5. The molecule has 2 atom stereocenters. The minimum absolute atomic E-state index is 0.161. The van der Waals surface area contributed by atoms with Gasteiger partial charge in [-0.25, -0.2) is 4.39 Å². The van der Waals surface area contributed by atoms with Crippen molar-refractivity contribution in [3.8, 4) is 0 Å².